The van der Waals surface area contributed by atoms with E-state index < -0.39 is 6.04 Å². The minimum Gasteiger partial charge on any atom is -0.497 e. The van der Waals surface area contributed by atoms with Crippen LogP contribution in [0.1, 0.15) is 45.2 Å². The molecule has 0 aromatic heterocycles. The van der Waals surface area contributed by atoms with Gasteiger partial charge in [-0.25, -0.2) is 0 Å². The first kappa shape index (κ1) is 24.8. The molecule has 168 valence electrons. The van der Waals surface area contributed by atoms with Crippen molar-refractivity contribution in [2.24, 2.45) is 0 Å². The number of nitrogens with one attached hydrogen (secondary N) is 1. The molecule has 0 heterocycles. The van der Waals surface area contributed by atoms with Crippen LogP contribution in [0.3, 0.4) is 0 Å². The number of carbonyl (C=O) groups is 2. The van der Waals surface area contributed by atoms with E-state index in [1.54, 1.807) is 30.7 Å². The summed E-state index contributed by atoms with van der Waals surface area (Å²) in [6.07, 6.45) is 0.363. The molecule has 0 spiro atoms. The van der Waals surface area contributed by atoms with E-state index >= 15 is 0 Å². The van der Waals surface area contributed by atoms with E-state index in [9.17, 15) is 9.59 Å². The third-order valence-corrected chi connectivity index (χ3v) is 5.80. The van der Waals surface area contributed by atoms with Crippen molar-refractivity contribution in [2.75, 3.05) is 12.9 Å². The molecule has 31 heavy (non-hydrogen) atoms. The lowest BCUT2D eigenvalue weighted by atomic mass is 10.1. The lowest BCUT2D eigenvalue weighted by Gasteiger charge is -2.31. The Labute approximate surface area is 190 Å². The Morgan fingerprint density at radius 3 is 2.23 bits per heavy atom. The first-order chi connectivity index (χ1) is 14.6. The van der Waals surface area contributed by atoms with Gasteiger partial charge < -0.3 is 15.0 Å². The Bertz CT molecular complexity index is 858. The molecule has 0 aliphatic rings. The number of benzene rings is 2. The van der Waals surface area contributed by atoms with Crippen molar-refractivity contribution in [3.63, 3.8) is 0 Å². The van der Waals surface area contributed by atoms with Gasteiger partial charge in [-0.1, -0.05) is 29.8 Å². The number of nitrogens with zero attached hydrogens (tertiary/aromatic N) is 1. The maximum atomic E-state index is 13.1. The minimum atomic E-state index is -0.571. The molecule has 5 nitrogen and oxygen atoms in total. The van der Waals surface area contributed by atoms with Crippen molar-refractivity contribution >= 4 is 23.6 Å². The Kier molecular flexibility index (Phi) is 8.99. The van der Waals surface area contributed by atoms with E-state index in [4.69, 9.17) is 4.74 Å². The summed E-state index contributed by atoms with van der Waals surface area (Å²) in [6.45, 7) is 10.0. The van der Waals surface area contributed by atoms with Gasteiger partial charge in [-0.05, 0) is 64.4 Å². The quantitative estimate of drug-likeness (QED) is 0.566. The molecule has 0 unspecified atom stereocenters. The smallest absolute Gasteiger partial charge is 0.242 e. The maximum Gasteiger partial charge on any atom is 0.242 e. The normalized spacial score (nSPS) is 12.2. The van der Waals surface area contributed by atoms with Gasteiger partial charge in [0.2, 0.25) is 11.8 Å². The summed E-state index contributed by atoms with van der Waals surface area (Å²) in [5.74, 6) is 1.23. The highest BCUT2D eigenvalue weighted by atomic mass is 32.2. The maximum absolute atomic E-state index is 13.1. The highest BCUT2D eigenvalue weighted by Crippen LogP contribution is 2.21. The van der Waals surface area contributed by atoms with Gasteiger partial charge >= 0.3 is 0 Å². The molecule has 2 amide bonds. The summed E-state index contributed by atoms with van der Waals surface area (Å²) >= 11 is 1.65. The zero-order chi connectivity index (χ0) is 23.0. The molecule has 2 aromatic carbocycles. The average Bonchev–Trinajstić information content (AvgIpc) is 2.72. The predicted molar refractivity (Wildman–Crippen MR) is 127 cm³/mol. The van der Waals surface area contributed by atoms with Gasteiger partial charge in [-0.15, -0.1) is 11.8 Å². The molecule has 1 atom stereocenters. The van der Waals surface area contributed by atoms with E-state index in [-0.39, 0.29) is 17.4 Å². The summed E-state index contributed by atoms with van der Waals surface area (Å²) in [5, 5.41) is 2.99. The zero-order valence-corrected chi connectivity index (χ0v) is 20.2. The Hall–Kier alpha value is -2.47. The van der Waals surface area contributed by atoms with E-state index in [1.165, 1.54) is 5.56 Å². The Balaban J connectivity index is 2.09. The fourth-order valence-electron chi connectivity index (χ4n) is 3.02. The second kappa shape index (κ2) is 11.2. The summed E-state index contributed by atoms with van der Waals surface area (Å²) in [4.78, 5) is 28.7. The van der Waals surface area contributed by atoms with Crippen LogP contribution < -0.4 is 10.1 Å². The summed E-state index contributed by atoms with van der Waals surface area (Å²) in [7, 11) is 1.62. The van der Waals surface area contributed by atoms with Crippen molar-refractivity contribution in [1.29, 1.82) is 0 Å². The highest BCUT2D eigenvalue weighted by Gasteiger charge is 2.28. The van der Waals surface area contributed by atoms with Gasteiger partial charge in [0.05, 0.1) is 7.11 Å². The van der Waals surface area contributed by atoms with Gasteiger partial charge in [0.15, 0.2) is 0 Å². The van der Waals surface area contributed by atoms with Crippen LogP contribution >= 0.6 is 11.8 Å². The molecule has 0 saturated heterocycles. The molecule has 0 bridgehead atoms. The van der Waals surface area contributed by atoms with Crippen LogP contribution in [0, 0.1) is 6.92 Å². The lowest BCUT2D eigenvalue weighted by Crippen LogP contribution is -2.52. The molecule has 6 heteroatoms. The summed E-state index contributed by atoms with van der Waals surface area (Å²) in [5.41, 5.74) is 1.81. The number of carbonyl (C=O) groups excluding carboxylic acids is 2. The van der Waals surface area contributed by atoms with Crippen LogP contribution in [0.25, 0.3) is 0 Å². The van der Waals surface area contributed by atoms with Crippen molar-refractivity contribution in [1.82, 2.24) is 10.2 Å². The van der Waals surface area contributed by atoms with Crippen LogP contribution in [0.2, 0.25) is 0 Å². The number of ether oxygens (including phenoxy) is 1. The molecular weight excluding hydrogens is 408 g/mol. The van der Waals surface area contributed by atoms with Crippen molar-refractivity contribution in [3.05, 3.63) is 59.7 Å². The van der Waals surface area contributed by atoms with Gasteiger partial charge in [0, 0.05) is 29.2 Å². The predicted octanol–water partition coefficient (Wildman–Crippen LogP) is 4.82. The number of methoxy groups -OCH3 is 1. The first-order valence-corrected chi connectivity index (χ1v) is 11.5. The van der Waals surface area contributed by atoms with Gasteiger partial charge in [0.25, 0.3) is 0 Å². The average molecular weight is 443 g/mol. The molecular formula is C25H34N2O3S. The fourth-order valence-corrected chi connectivity index (χ4v) is 3.86. The lowest BCUT2D eigenvalue weighted by molar-refractivity contribution is -0.140. The Morgan fingerprint density at radius 2 is 1.68 bits per heavy atom. The molecule has 0 aliphatic carbocycles. The van der Waals surface area contributed by atoms with Gasteiger partial charge in [0.1, 0.15) is 11.8 Å². The van der Waals surface area contributed by atoms with Crippen molar-refractivity contribution in [3.8, 4) is 5.75 Å². The minimum absolute atomic E-state index is 0.0352. The van der Waals surface area contributed by atoms with Crippen molar-refractivity contribution < 1.29 is 14.3 Å². The fraction of sp³-hybridized carbons (Fsp3) is 0.440. The number of amides is 2. The molecule has 0 aliphatic heterocycles. The van der Waals surface area contributed by atoms with Crippen molar-refractivity contribution in [2.45, 2.75) is 64.1 Å². The largest absolute Gasteiger partial charge is 0.497 e. The third-order valence-electron chi connectivity index (χ3n) is 4.78. The molecule has 0 saturated carbocycles. The van der Waals surface area contributed by atoms with Crippen LogP contribution in [0.5, 0.6) is 5.75 Å². The van der Waals surface area contributed by atoms with E-state index in [0.29, 0.717) is 18.7 Å². The monoisotopic (exact) mass is 442 g/mol. The molecule has 0 radical (unpaired) electrons. The highest BCUT2D eigenvalue weighted by molar-refractivity contribution is 7.99. The second-order valence-corrected chi connectivity index (χ2v) is 9.86. The number of thioether (sulfide) groups is 1. The first-order valence-electron chi connectivity index (χ1n) is 10.5. The number of hydrogen-bond acceptors (Lipinski definition) is 4. The molecule has 2 aromatic rings. The van der Waals surface area contributed by atoms with E-state index in [1.807, 2.05) is 45.0 Å². The number of aryl methyl sites for hydroxylation is 1. The van der Waals surface area contributed by atoms with E-state index in [2.05, 4.69) is 36.5 Å². The van der Waals surface area contributed by atoms with Crippen LogP contribution in [-0.4, -0.2) is 41.2 Å². The summed E-state index contributed by atoms with van der Waals surface area (Å²) in [6, 6.07) is 15.3. The summed E-state index contributed by atoms with van der Waals surface area (Å²) < 4.78 is 5.22. The van der Waals surface area contributed by atoms with Crippen LogP contribution in [0.15, 0.2) is 53.4 Å². The van der Waals surface area contributed by atoms with Crippen LogP contribution in [0.4, 0.5) is 0 Å². The molecule has 1 N–H and O–H groups in total. The van der Waals surface area contributed by atoms with Gasteiger partial charge in [-0.2, -0.15) is 0 Å². The molecule has 0 fully saturated rings. The standard InChI is InChI=1S/C25H34N2O3S/c1-18-7-13-22(14-8-18)31-16-15-23(28)27(19(2)24(29)26-25(3,4)5)17-20-9-11-21(30-6)12-10-20/h7-14,19H,15-17H2,1-6H3,(H,26,29)/t19-/m0/s1. The number of rotatable bonds is 9. The second-order valence-electron chi connectivity index (χ2n) is 8.70. The topological polar surface area (TPSA) is 58.6 Å². The SMILES string of the molecule is COc1ccc(CN(C(=O)CCSc2ccc(C)cc2)[C@@H](C)C(=O)NC(C)(C)C)cc1. The van der Waals surface area contributed by atoms with E-state index in [0.717, 1.165) is 16.2 Å². The number of hydrogen-bond donors (Lipinski definition) is 1. The Morgan fingerprint density at radius 1 is 1.06 bits per heavy atom. The van der Waals surface area contributed by atoms with Crippen LogP contribution in [-0.2, 0) is 16.1 Å². The zero-order valence-electron chi connectivity index (χ0n) is 19.4. The van der Waals surface area contributed by atoms with Gasteiger partial charge in [-0.3, -0.25) is 9.59 Å². The third kappa shape index (κ3) is 8.29. The molecule has 2 rings (SSSR count).